The fourth-order valence-electron chi connectivity index (χ4n) is 3.05. The molecule has 2 rings (SSSR count). The molecule has 0 radical (unpaired) electrons. The number of allylic oxidation sites excluding steroid dienone is 6. The second-order valence-electron chi connectivity index (χ2n) is 5.54. The summed E-state index contributed by atoms with van der Waals surface area (Å²) >= 11 is 0. The molecule has 0 saturated heterocycles. The molecule has 0 fully saturated rings. The zero-order chi connectivity index (χ0) is 13.9. The van der Waals surface area contributed by atoms with Crippen LogP contribution < -0.4 is 24.8 Å². The van der Waals surface area contributed by atoms with Crippen LogP contribution in [0.4, 0.5) is 0 Å². The fourth-order valence-corrected chi connectivity index (χ4v) is 6.45. The third-order valence-electron chi connectivity index (χ3n) is 3.91. The second-order valence-corrected chi connectivity index (χ2v) is 9.79. The zero-order valence-corrected chi connectivity index (χ0v) is 18.0. The number of aliphatic hydroxyl groups excluding tert-OH is 2. The predicted molar refractivity (Wildman–Crippen MR) is 79.8 cm³/mol. The van der Waals surface area contributed by atoms with Crippen LogP contribution in [-0.2, 0) is 26.2 Å². The molecule has 0 aliphatic heterocycles. The van der Waals surface area contributed by atoms with Crippen LogP contribution >= 0.6 is 0 Å². The minimum absolute atomic E-state index is 0. The van der Waals surface area contributed by atoms with Gasteiger partial charge in [0.25, 0.3) is 0 Å². The van der Waals surface area contributed by atoms with Gasteiger partial charge >= 0.3 is 26.2 Å². The third-order valence-corrected chi connectivity index (χ3v) is 7.40. The Bertz CT molecular complexity index is 441. The maximum atomic E-state index is 9.18. The van der Waals surface area contributed by atoms with Crippen molar-refractivity contribution in [3.8, 4) is 0 Å². The predicted octanol–water partition coefficient (Wildman–Crippen LogP) is -3.34. The van der Waals surface area contributed by atoms with Gasteiger partial charge in [0.1, 0.15) is 0 Å². The Balaban J connectivity index is 0. The number of hydrogen-bond acceptors (Lipinski definition) is 2. The summed E-state index contributed by atoms with van der Waals surface area (Å²) in [7, 11) is -1.79. The van der Waals surface area contributed by atoms with E-state index in [1.54, 1.807) is 0 Å². The first kappa shape index (κ1) is 24.8. The molecule has 0 aromatic rings. The molecule has 0 bridgehead atoms. The van der Waals surface area contributed by atoms with Crippen LogP contribution in [0.25, 0.3) is 0 Å². The van der Waals surface area contributed by atoms with E-state index >= 15 is 0 Å². The first-order valence-corrected chi connectivity index (χ1v) is 9.94. The van der Waals surface area contributed by atoms with Gasteiger partial charge in [-0.05, 0) is 0 Å². The molecule has 0 aromatic heterocycles. The molecule has 120 valence electrons. The maximum absolute atomic E-state index is 9.18. The van der Waals surface area contributed by atoms with Gasteiger partial charge in [-0.3, -0.25) is 12.2 Å². The summed E-state index contributed by atoms with van der Waals surface area (Å²) in [5.74, 6) is 0. The van der Waals surface area contributed by atoms with E-state index in [4.69, 9.17) is 0 Å². The Morgan fingerprint density at radius 1 is 0.909 bits per heavy atom. The second kappa shape index (κ2) is 11.2. The van der Waals surface area contributed by atoms with E-state index in [2.05, 4.69) is 37.4 Å². The molecule has 22 heavy (non-hydrogen) atoms. The van der Waals surface area contributed by atoms with Crippen LogP contribution in [0.2, 0.25) is 13.1 Å². The molecule has 2 nitrogen and oxygen atoms in total. The van der Waals surface area contributed by atoms with Gasteiger partial charge in [-0.15, -0.1) is 12.8 Å². The molecule has 0 unspecified atom stereocenters. The minimum atomic E-state index is -1.79. The topological polar surface area (TPSA) is 40.5 Å². The minimum Gasteiger partial charge on any atom is -1.00 e. The molecule has 2 N–H and O–H groups in total. The Morgan fingerprint density at radius 3 is 1.59 bits per heavy atom. The van der Waals surface area contributed by atoms with Crippen LogP contribution in [0.1, 0.15) is 25.7 Å². The molecule has 0 saturated carbocycles. The first-order valence-electron chi connectivity index (χ1n) is 6.94. The van der Waals surface area contributed by atoms with Crippen molar-refractivity contribution in [2.24, 2.45) is 0 Å². The molecule has 0 spiro atoms. The Morgan fingerprint density at radius 2 is 1.27 bits per heavy atom. The van der Waals surface area contributed by atoms with Crippen LogP contribution in [0.5, 0.6) is 0 Å². The van der Waals surface area contributed by atoms with Crippen molar-refractivity contribution >= 4 is 8.07 Å². The summed E-state index contributed by atoms with van der Waals surface area (Å²) in [6.45, 7) is 5.04. The van der Waals surface area contributed by atoms with E-state index in [1.165, 1.54) is 21.5 Å². The fraction of sp³-hybridized carbons (Fsp3) is 0.500. The maximum Gasteiger partial charge on any atom is 4.00 e. The number of hydrogen-bond donors (Lipinski definition) is 2. The first-order chi connectivity index (χ1) is 9.11. The van der Waals surface area contributed by atoms with Gasteiger partial charge in [-0.1, -0.05) is 25.9 Å². The van der Waals surface area contributed by atoms with E-state index in [0.29, 0.717) is 0 Å². The Kier molecular flexibility index (Phi) is 12.6. The summed E-state index contributed by atoms with van der Waals surface area (Å²) in [6.07, 6.45) is 14.6. The SMILES string of the molecule is C[Si](C)(C1=[C-]CC=C1CCO)C1=[C-]CC=C1CCO.[Cl-].[Cl-].[Zr+4]. The van der Waals surface area contributed by atoms with Gasteiger partial charge in [0.2, 0.25) is 0 Å². The largest absolute Gasteiger partial charge is 4.00 e. The third kappa shape index (κ3) is 5.29. The summed E-state index contributed by atoms with van der Waals surface area (Å²) in [5.41, 5.74) is 2.53. The monoisotopic (exact) mass is 434 g/mol. The summed E-state index contributed by atoms with van der Waals surface area (Å²) in [5, 5.41) is 21.0. The van der Waals surface area contributed by atoms with Gasteiger partial charge in [-0.2, -0.15) is 23.3 Å². The normalized spacial score (nSPS) is 16.5. The molecular formula is C16H22Cl2O2SiZr. The van der Waals surface area contributed by atoms with Gasteiger partial charge in [0.15, 0.2) is 0 Å². The van der Waals surface area contributed by atoms with Crippen molar-refractivity contribution in [2.75, 3.05) is 13.2 Å². The molecule has 0 heterocycles. The van der Waals surface area contributed by atoms with Crippen molar-refractivity contribution in [2.45, 2.75) is 38.8 Å². The Labute approximate surface area is 166 Å². The average molecular weight is 437 g/mol. The Hall–Kier alpha value is 0.560. The van der Waals surface area contributed by atoms with Crippen LogP contribution in [0, 0.1) is 12.2 Å². The van der Waals surface area contributed by atoms with Gasteiger partial charge in [0.05, 0.1) is 0 Å². The zero-order valence-electron chi connectivity index (χ0n) is 13.0. The van der Waals surface area contributed by atoms with E-state index in [9.17, 15) is 10.2 Å². The van der Waals surface area contributed by atoms with Crippen molar-refractivity contribution < 1.29 is 61.2 Å². The van der Waals surface area contributed by atoms with Crippen molar-refractivity contribution in [3.63, 3.8) is 0 Å². The van der Waals surface area contributed by atoms with Gasteiger partial charge in [0, 0.05) is 21.3 Å². The van der Waals surface area contributed by atoms with Crippen LogP contribution in [-0.4, -0.2) is 31.5 Å². The van der Waals surface area contributed by atoms with Crippen LogP contribution in [0.15, 0.2) is 33.7 Å². The van der Waals surface area contributed by atoms with Crippen molar-refractivity contribution in [3.05, 3.63) is 45.8 Å². The van der Waals surface area contributed by atoms with Crippen molar-refractivity contribution in [1.29, 1.82) is 0 Å². The molecule has 2 aliphatic rings. The van der Waals surface area contributed by atoms with Crippen LogP contribution in [0.3, 0.4) is 0 Å². The van der Waals surface area contributed by atoms with Gasteiger partial charge in [-0.25, -0.2) is 10.4 Å². The number of rotatable bonds is 6. The summed E-state index contributed by atoms with van der Waals surface area (Å²) in [6, 6.07) is 0. The molecule has 0 amide bonds. The summed E-state index contributed by atoms with van der Waals surface area (Å²) < 4.78 is 0. The van der Waals surface area contributed by atoms with Gasteiger partial charge < -0.3 is 35.0 Å². The standard InChI is InChI=1S/C16H22O2Si.2ClH.Zr/c1-19(2,15-7-3-5-13(15)9-11-17)16-8-4-6-14(16)10-12-18;;;/h5-6,17-18H,3-4,9-12H2,1-2H3;2*1H;/q-2;;;+4/p-2. The molecule has 2 aliphatic carbocycles. The molecular weight excluding hydrogens is 414 g/mol. The average Bonchev–Trinajstić information content (AvgIpc) is 2.99. The number of aliphatic hydroxyl groups is 2. The molecule has 0 atom stereocenters. The number of halogens is 2. The quantitative estimate of drug-likeness (QED) is 0.338. The van der Waals surface area contributed by atoms with E-state index in [0.717, 1.165) is 25.7 Å². The molecule has 6 heteroatoms. The van der Waals surface area contributed by atoms with E-state index in [1.807, 2.05) is 0 Å². The van der Waals surface area contributed by atoms with E-state index < -0.39 is 8.07 Å². The van der Waals surface area contributed by atoms with E-state index in [-0.39, 0.29) is 64.2 Å². The van der Waals surface area contributed by atoms with Crippen molar-refractivity contribution in [1.82, 2.24) is 0 Å². The summed E-state index contributed by atoms with van der Waals surface area (Å²) in [4.78, 5) is 0. The smallest absolute Gasteiger partial charge is 1.00 e. The molecule has 0 aromatic carbocycles.